The quantitative estimate of drug-likeness (QED) is 0.525. The van der Waals surface area contributed by atoms with E-state index in [-0.39, 0.29) is 18.5 Å². The van der Waals surface area contributed by atoms with E-state index in [0.29, 0.717) is 13.0 Å². The average Bonchev–Trinajstić information content (AvgIpc) is 2.69. The van der Waals surface area contributed by atoms with E-state index in [1.165, 1.54) is 7.11 Å². The van der Waals surface area contributed by atoms with Crippen LogP contribution in [0.15, 0.2) is 11.6 Å². The number of esters is 2. The molecule has 5 heteroatoms. The van der Waals surface area contributed by atoms with Gasteiger partial charge in [0.05, 0.1) is 32.2 Å². The Balaban J connectivity index is 2.27. The normalized spacial score (nSPS) is 32.8. The number of hydrogen-bond acceptors (Lipinski definition) is 5. The highest BCUT2D eigenvalue weighted by Gasteiger charge is 2.47. The summed E-state index contributed by atoms with van der Waals surface area (Å²) in [5, 5.41) is 9.10. The van der Waals surface area contributed by atoms with Crippen LogP contribution in [-0.2, 0) is 19.1 Å². The molecule has 2 rings (SSSR count). The maximum Gasteiger partial charge on any atom is 0.310 e. The number of fused-ring (bicyclic) bond motifs is 1. The Morgan fingerprint density at radius 2 is 2.44 bits per heavy atom. The second kappa shape index (κ2) is 4.25. The van der Waals surface area contributed by atoms with Crippen molar-refractivity contribution in [3.8, 4) is 0 Å². The summed E-state index contributed by atoms with van der Waals surface area (Å²) in [6.45, 7) is 0.200. The molecule has 0 aromatic rings. The number of aliphatic hydroxyl groups excluding tert-OH is 1. The van der Waals surface area contributed by atoms with Gasteiger partial charge in [-0.3, -0.25) is 9.59 Å². The van der Waals surface area contributed by atoms with Gasteiger partial charge in [-0.2, -0.15) is 0 Å². The van der Waals surface area contributed by atoms with Crippen molar-refractivity contribution in [3.05, 3.63) is 11.6 Å². The predicted molar refractivity (Wildman–Crippen MR) is 53.2 cm³/mol. The van der Waals surface area contributed by atoms with Gasteiger partial charge >= 0.3 is 11.9 Å². The largest absolute Gasteiger partial charge is 0.469 e. The van der Waals surface area contributed by atoms with Crippen LogP contribution in [0.2, 0.25) is 0 Å². The monoisotopic (exact) mass is 226 g/mol. The molecular formula is C11H14O5. The predicted octanol–water partition coefficient (Wildman–Crippen LogP) is -0.113. The highest BCUT2D eigenvalue weighted by molar-refractivity contribution is 5.84. The number of ether oxygens (including phenoxy) is 2. The molecule has 1 fully saturated rings. The summed E-state index contributed by atoms with van der Waals surface area (Å²) in [6, 6.07) is 0. The first kappa shape index (κ1) is 11.1. The number of aliphatic hydroxyl groups is 1. The van der Waals surface area contributed by atoms with Crippen LogP contribution in [0.1, 0.15) is 6.42 Å². The zero-order valence-electron chi connectivity index (χ0n) is 9.01. The molecule has 88 valence electrons. The highest BCUT2D eigenvalue weighted by Crippen LogP contribution is 2.39. The molecule has 1 aliphatic heterocycles. The van der Waals surface area contributed by atoms with Gasteiger partial charge in [0.25, 0.3) is 0 Å². The number of cyclic esters (lactones) is 1. The van der Waals surface area contributed by atoms with E-state index in [4.69, 9.17) is 9.84 Å². The van der Waals surface area contributed by atoms with Crippen molar-refractivity contribution in [2.24, 2.45) is 17.8 Å². The highest BCUT2D eigenvalue weighted by atomic mass is 16.5. The van der Waals surface area contributed by atoms with E-state index < -0.39 is 17.8 Å². The summed E-state index contributed by atoms with van der Waals surface area (Å²) in [7, 11) is 1.30. The minimum atomic E-state index is -0.517. The molecule has 3 atom stereocenters. The Hall–Kier alpha value is -1.36. The van der Waals surface area contributed by atoms with Gasteiger partial charge in [0, 0.05) is 5.92 Å². The van der Waals surface area contributed by atoms with Crippen molar-refractivity contribution < 1.29 is 24.2 Å². The first-order chi connectivity index (χ1) is 7.67. The first-order valence-corrected chi connectivity index (χ1v) is 5.22. The molecule has 1 saturated heterocycles. The van der Waals surface area contributed by atoms with Crippen LogP contribution in [0, 0.1) is 17.8 Å². The van der Waals surface area contributed by atoms with Crippen LogP contribution in [0.3, 0.4) is 0 Å². The lowest BCUT2D eigenvalue weighted by atomic mass is 9.74. The minimum absolute atomic E-state index is 0.0924. The summed E-state index contributed by atoms with van der Waals surface area (Å²) < 4.78 is 9.63. The number of rotatable bonds is 2. The fourth-order valence-corrected chi connectivity index (χ4v) is 2.45. The van der Waals surface area contributed by atoms with Crippen LogP contribution in [0.4, 0.5) is 0 Å². The van der Waals surface area contributed by atoms with Crippen LogP contribution in [0.5, 0.6) is 0 Å². The van der Waals surface area contributed by atoms with Crippen LogP contribution < -0.4 is 0 Å². The molecule has 1 heterocycles. The Bertz CT molecular complexity index is 346. The molecule has 0 radical (unpaired) electrons. The third-order valence-corrected chi connectivity index (χ3v) is 3.22. The smallest absolute Gasteiger partial charge is 0.310 e. The molecule has 5 nitrogen and oxygen atoms in total. The standard InChI is InChI=1S/C11H14O5/c1-15-10(13)8-3-6(4-12)2-7-5-16-11(14)9(7)8/h2,7-9,12H,3-5H2,1H3/t7-,8-,9+/m1/s1. The van der Waals surface area contributed by atoms with E-state index in [1.807, 2.05) is 6.08 Å². The van der Waals surface area contributed by atoms with Crippen molar-refractivity contribution in [1.82, 2.24) is 0 Å². The van der Waals surface area contributed by atoms with E-state index in [1.54, 1.807) is 0 Å². The van der Waals surface area contributed by atoms with Crippen molar-refractivity contribution >= 4 is 11.9 Å². The maximum absolute atomic E-state index is 11.6. The van der Waals surface area contributed by atoms with Gasteiger partial charge in [0.2, 0.25) is 0 Å². The van der Waals surface area contributed by atoms with E-state index >= 15 is 0 Å². The van der Waals surface area contributed by atoms with Gasteiger partial charge in [-0.1, -0.05) is 6.08 Å². The molecule has 16 heavy (non-hydrogen) atoms. The lowest BCUT2D eigenvalue weighted by Crippen LogP contribution is -2.35. The molecule has 1 N–H and O–H groups in total. The summed E-state index contributed by atoms with van der Waals surface area (Å²) in [5.41, 5.74) is 0.773. The fraction of sp³-hybridized carbons (Fsp3) is 0.636. The number of hydrogen-bond donors (Lipinski definition) is 1. The van der Waals surface area contributed by atoms with Crippen LogP contribution in [0.25, 0.3) is 0 Å². The first-order valence-electron chi connectivity index (χ1n) is 5.22. The van der Waals surface area contributed by atoms with Gasteiger partial charge in [0.1, 0.15) is 0 Å². The number of carbonyl (C=O) groups excluding carboxylic acids is 2. The molecule has 2 aliphatic rings. The maximum atomic E-state index is 11.6. The second-order valence-corrected chi connectivity index (χ2v) is 4.14. The van der Waals surface area contributed by atoms with E-state index in [0.717, 1.165) is 5.57 Å². The third kappa shape index (κ3) is 1.71. The SMILES string of the molecule is COC(=O)[C@@H]1CC(CO)=C[C@@H]2COC(=O)[C@@H]21. The molecule has 0 bridgehead atoms. The van der Waals surface area contributed by atoms with Gasteiger partial charge in [-0.15, -0.1) is 0 Å². The summed E-state index contributed by atoms with van der Waals surface area (Å²) in [4.78, 5) is 23.1. The molecular weight excluding hydrogens is 212 g/mol. The molecule has 0 aromatic carbocycles. The van der Waals surface area contributed by atoms with Crippen molar-refractivity contribution in [3.63, 3.8) is 0 Å². The summed E-state index contributed by atoms with van der Waals surface area (Å²) in [5.74, 6) is -1.81. The zero-order chi connectivity index (χ0) is 11.7. The van der Waals surface area contributed by atoms with Crippen molar-refractivity contribution in [2.75, 3.05) is 20.3 Å². The summed E-state index contributed by atoms with van der Waals surface area (Å²) in [6.07, 6.45) is 2.22. The van der Waals surface area contributed by atoms with Gasteiger partial charge in [0.15, 0.2) is 0 Å². The number of methoxy groups -OCH3 is 1. The minimum Gasteiger partial charge on any atom is -0.469 e. The fourth-order valence-electron chi connectivity index (χ4n) is 2.45. The van der Waals surface area contributed by atoms with E-state index in [9.17, 15) is 9.59 Å². The Morgan fingerprint density at radius 1 is 1.69 bits per heavy atom. The Kier molecular flexibility index (Phi) is 2.96. The molecule has 1 aliphatic carbocycles. The average molecular weight is 226 g/mol. The molecule has 0 aromatic heterocycles. The zero-order valence-corrected chi connectivity index (χ0v) is 9.01. The van der Waals surface area contributed by atoms with Gasteiger partial charge < -0.3 is 14.6 Å². The molecule has 0 spiro atoms. The van der Waals surface area contributed by atoms with Crippen molar-refractivity contribution in [1.29, 1.82) is 0 Å². The second-order valence-electron chi connectivity index (χ2n) is 4.14. The Labute approximate surface area is 93.0 Å². The van der Waals surface area contributed by atoms with Crippen molar-refractivity contribution in [2.45, 2.75) is 6.42 Å². The molecule has 0 saturated carbocycles. The Morgan fingerprint density at radius 3 is 3.06 bits per heavy atom. The topological polar surface area (TPSA) is 72.8 Å². The van der Waals surface area contributed by atoms with Crippen LogP contribution >= 0.6 is 0 Å². The van der Waals surface area contributed by atoms with Gasteiger partial charge in [-0.05, 0) is 12.0 Å². The summed E-state index contributed by atoms with van der Waals surface area (Å²) >= 11 is 0. The van der Waals surface area contributed by atoms with Crippen LogP contribution in [-0.4, -0.2) is 37.4 Å². The van der Waals surface area contributed by atoms with Gasteiger partial charge in [-0.25, -0.2) is 0 Å². The molecule has 0 unspecified atom stereocenters. The van der Waals surface area contributed by atoms with E-state index in [2.05, 4.69) is 4.74 Å². The molecule has 0 amide bonds. The third-order valence-electron chi connectivity index (χ3n) is 3.22. The number of carbonyl (C=O) groups is 2. The lowest BCUT2D eigenvalue weighted by Gasteiger charge is -2.27. The lowest BCUT2D eigenvalue weighted by molar-refractivity contribution is -0.154.